The lowest BCUT2D eigenvalue weighted by atomic mass is 9.63. The Bertz CT molecular complexity index is 446. The van der Waals surface area contributed by atoms with Gasteiger partial charge in [0.15, 0.2) is 6.29 Å². The minimum Gasteiger partial charge on any atom is -0.390 e. The Balaban J connectivity index is 2.19. The minimum atomic E-state index is -0.822. The summed E-state index contributed by atoms with van der Waals surface area (Å²) in [4.78, 5) is 0. The van der Waals surface area contributed by atoms with Crippen molar-refractivity contribution in [1.29, 1.82) is 0 Å². The van der Waals surface area contributed by atoms with Gasteiger partial charge in [0.2, 0.25) is 0 Å². The Morgan fingerprint density at radius 3 is 2.43 bits per heavy atom. The average molecular weight is 325 g/mol. The van der Waals surface area contributed by atoms with Gasteiger partial charge in [0.05, 0.1) is 11.2 Å². The number of aliphatic hydroxyl groups excluding tert-OH is 1. The van der Waals surface area contributed by atoms with E-state index in [1.54, 1.807) is 0 Å². The van der Waals surface area contributed by atoms with Gasteiger partial charge in [-0.15, -0.1) is 0 Å². The molecule has 0 aromatic carbocycles. The van der Waals surface area contributed by atoms with Gasteiger partial charge in [0.25, 0.3) is 0 Å². The van der Waals surface area contributed by atoms with E-state index in [2.05, 4.69) is 47.6 Å². The van der Waals surface area contributed by atoms with Crippen molar-refractivity contribution in [3.05, 3.63) is 11.6 Å². The third-order valence-corrected chi connectivity index (χ3v) is 5.57. The standard InChI is InChI=1S/C20H36O3/c1-14(2)10-16(18(4,5)6)17(21)23-20-9-7-8-19(22,13-20)11-15(3)12-20/h10,15-17,21-22H,7-9,11-13H2,1-6H3. The molecule has 0 aromatic heterocycles. The summed E-state index contributed by atoms with van der Waals surface area (Å²) in [7, 11) is 0. The van der Waals surface area contributed by atoms with Gasteiger partial charge in [0, 0.05) is 12.3 Å². The molecule has 2 bridgehead atoms. The fourth-order valence-corrected chi connectivity index (χ4v) is 4.82. The van der Waals surface area contributed by atoms with E-state index in [9.17, 15) is 10.2 Å². The van der Waals surface area contributed by atoms with E-state index in [1.807, 2.05) is 0 Å². The average Bonchev–Trinajstić information content (AvgIpc) is 2.31. The molecule has 5 atom stereocenters. The van der Waals surface area contributed by atoms with Crippen molar-refractivity contribution in [2.24, 2.45) is 17.3 Å². The molecule has 2 N–H and O–H groups in total. The Kier molecular flexibility index (Phi) is 5.35. The second-order valence-electron chi connectivity index (χ2n) is 9.60. The van der Waals surface area contributed by atoms with Crippen molar-refractivity contribution < 1.29 is 14.9 Å². The third kappa shape index (κ3) is 4.58. The van der Waals surface area contributed by atoms with Crippen molar-refractivity contribution in [2.45, 2.75) is 97.6 Å². The monoisotopic (exact) mass is 324 g/mol. The van der Waals surface area contributed by atoms with Gasteiger partial charge < -0.3 is 14.9 Å². The molecule has 0 amide bonds. The summed E-state index contributed by atoms with van der Waals surface area (Å²) in [6.45, 7) is 12.7. The molecule has 134 valence electrons. The van der Waals surface area contributed by atoms with Gasteiger partial charge >= 0.3 is 0 Å². The van der Waals surface area contributed by atoms with Crippen LogP contribution in [0.5, 0.6) is 0 Å². The van der Waals surface area contributed by atoms with Crippen LogP contribution < -0.4 is 0 Å². The van der Waals surface area contributed by atoms with Gasteiger partial charge in [-0.05, 0) is 57.3 Å². The van der Waals surface area contributed by atoms with Crippen molar-refractivity contribution in [2.75, 3.05) is 0 Å². The van der Waals surface area contributed by atoms with Gasteiger partial charge in [-0.2, -0.15) is 0 Å². The molecule has 0 aromatic rings. The largest absolute Gasteiger partial charge is 0.390 e. The molecule has 2 aliphatic carbocycles. The molecule has 0 saturated heterocycles. The van der Waals surface area contributed by atoms with E-state index in [4.69, 9.17) is 4.74 Å². The predicted molar refractivity (Wildman–Crippen MR) is 94.0 cm³/mol. The first-order valence-corrected chi connectivity index (χ1v) is 9.18. The van der Waals surface area contributed by atoms with E-state index in [-0.39, 0.29) is 16.9 Å². The Morgan fingerprint density at radius 2 is 1.87 bits per heavy atom. The lowest BCUT2D eigenvalue weighted by Crippen LogP contribution is -2.55. The number of allylic oxidation sites excluding steroid dienone is 1. The molecule has 23 heavy (non-hydrogen) atoms. The van der Waals surface area contributed by atoms with Crippen LogP contribution in [0.2, 0.25) is 0 Å². The molecule has 2 aliphatic rings. The summed E-state index contributed by atoms with van der Waals surface area (Å²) in [5.41, 5.74) is 0.174. The fourth-order valence-electron chi connectivity index (χ4n) is 4.82. The zero-order chi connectivity index (χ0) is 17.5. The molecule has 0 radical (unpaired) electrons. The molecule has 2 saturated carbocycles. The highest BCUT2D eigenvalue weighted by atomic mass is 16.6. The normalized spacial score (nSPS) is 37.1. The quantitative estimate of drug-likeness (QED) is 0.594. The molecule has 0 spiro atoms. The Hall–Kier alpha value is -0.380. The maximum atomic E-state index is 10.9. The summed E-state index contributed by atoms with van der Waals surface area (Å²) >= 11 is 0. The number of rotatable bonds is 4. The van der Waals surface area contributed by atoms with Crippen LogP contribution in [-0.4, -0.2) is 27.7 Å². The highest BCUT2D eigenvalue weighted by Gasteiger charge is 2.51. The first-order chi connectivity index (χ1) is 10.4. The zero-order valence-electron chi connectivity index (χ0n) is 15.9. The van der Waals surface area contributed by atoms with Crippen molar-refractivity contribution >= 4 is 0 Å². The van der Waals surface area contributed by atoms with Gasteiger partial charge in [-0.25, -0.2) is 0 Å². The number of hydrogen-bond acceptors (Lipinski definition) is 3. The predicted octanol–water partition coefficient (Wildman–Crippen LogP) is 4.42. The Labute approximate surface area is 142 Å². The third-order valence-electron chi connectivity index (χ3n) is 5.57. The lowest BCUT2D eigenvalue weighted by Gasteiger charge is -2.53. The fraction of sp³-hybridized carbons (Fsp3) is 0.900. The molecular formula is C20H36O3. The van der Waals surface area contributed by atoms with Crippen LogP contribution in [0.1, 0.15) is 80.1 Å². The number of ether oxygens (including phenoxy) is 1. The molecule has 3 heteroatoms. The van der Waals surface area contributed by atoms with E-state index in [1.165, 1.54) is 5.57 Å². The maximum absolute atomic E-state index is 10.9. The second kappa shape index (κ2) is 6.50. The smallest absolute Gasteiger partial charge is 0.162 e. The van der Waals surface area contributed by atoms with Crippen LogP contribution in [0.4, 0.5) is 0 Å². The molecule has 0 aliphatic heterocycles. The molecule has 2 fully saturated rings. The van der Waals surface area contributed by atoms with Crippen molar-refractivity contribution in [1.82, 2.24) is 0 Å². The maximum Gasteiger partial charge on any atom is 0.162 e. The molecular weight excluding hydrogens is 288 g/mol. The van der Waals surface area contributed by atoms with E-state index in [0.29, 0.717) is 12.3 Å². The van der Waals surface area contributed by atoms with Gasteiger partial charge in [0.1, 0.15) is 0 Å². The summed E-state index contributed by atoms with van der Waals surface area (Å²) in [5, 5.41) is 21.7. The van der Waals surface area contributed by atoms with Gasteiger partial charge in [-0.1, -0.05) is 39.3 Å². The number of fused-ring (bicyclic) bond motifs is 2. The summed E-state index contributed by atoms with van der Waals surface area (Å²) < 4.78 is 6.33. The van der Waals surface area contributed by atoms with Crippen LogP contribution in [-0.2, 0) is 4.74 Å². The van der Waals surface area contributed by atoms with Crippen LogP contribution in [0, 0.1) is 17.3 Å². The van der Waals surface area contributed by atoms with Crippen LogP contribution in [0.3, 0.4) is 0 Å². The van der Waals surface area contributed by atoms with Crippen molar-refractivity contribution in [3.8, 4) is 0 Å². The second-order valence-corrected chi connectivity index (χ2v) is 9.60. The topological polar surface area (TPSA) is 49.7 Å². The van der Waals surface area contributed by atoms with Crippen LogP contribution in [0.25, 0.3) is 0 Å². The molecule has 0 heterocycles. The molecule has 3 nitrogen and oxygen atoms in total. The lowest BCUT2D eigenvalue weighted by molar-refractivity contribution is -0.260. The van der Waals surface area contributed by atoms with Crippen LogP contribution >= 0.6 is 0 Å². The SMILES string of the molecule is CC(C)=CC(C(O)OC12CCCC(O)(CC(C)C1)C2)C(C)(C)C. The van der Waals surface area contributed by atoms with E-state index >= 15 is 0 Å². The first kappa shape index (κ1) is 19.0. The van der Waals surface area contributed by atoms with Crippen molar-refractivity contribution in [3.63, 3.8) is 0 Å². The zero-order valence-corrected chi connectivity index (χ0v) is 15.9. The molecule has 2 rings (SSSR count). The number of aliphatic hydroxyl groups is 2. The highest BCUT2D eigenvalue weighted by molar-refractivity contribution is 5.05. The van der Waals surface area contributed by atoms with Gasteiger partial charge in [-0.3, -0.25) is 0 Å². The molecule has 5 unspecified atom stereocenters. The highest BCUT2D eigenvalue weighted by Crippen LogP contribution is 2.50. The van der Waals surface area contributed by atoms with E-state index in [0.717, 1.165) is 32.1 Å². The minimum absolute atomic E-state index is 0.0471. The summed E-state index contributed by atoms with van der Waals surface area (Å²) in [6.07, 6.45) is 6.59. The van der Waals surface area contributed by atoms with Crippen LogP contribution in [0.15, 0.2) is 11.6 Å². The summed E-state index contributed by atoms with van der Waals surface area (Å²) in [6, 6.07) is 0. The summed E-state index contributed by atoms with van der Waals surface area (Å²) in [5.74, 6) is 0.395. The Morgan fingerprint density at radius 1 is 1.22 bits per heavy atom. The van der Waals surface area contributed by atoms with E-state index < -0.39 is 11.9 Å². The first-order valence-electron chi connectivity index (χ1n) is 9.18. The number of hydrogen-bond donors (Lipinski definition) is 2.